The molecule has 0 saturated heterocycles. The molecule has 1 aliphatic carbocycles. The topological polar surface area (TPSA) is 66.4 Å². The first-order chi connectivity index (χ1) is 13.1. The van der Waals surface area contributed by atoms with E-state index < -0.39 is 6.04 Å². The minimum absolute atomic E-state index is 0.114. The Kier molecular flexibility index (Phi) is 6.40. The number of hydrogen-bond acceptors (Lipinski definition) is 3. The van der Waals surface area contributed by atoms with Crippen molar-refractivity contribution in [3.63, 3.8) is 0 Å². The summed E-state index contributed by atoms with van der Waals surface area (Å²) in [6.07, 6.45) is 3.50. The third-order valence-electron chi connectivity index (χ3n) is 5.49. The van der Waals surface area contributed by atoms with Gasteiger partial charge >= 0.3 is 0 Å². The maximum atomic E-state index is 12.6. The zero-order valence-corrected chi connectivity index (χ0v) is 15.7. The van der Waals surface area contributed by atoms with Crippen LogP contribution in [0.15, 0.2) is 54.6 Å². The highest BCUT2D eigenvalue weighted by atomic mass is 16.3. The fraction of sp³-hybridized carbons (Fsp3) is 0.391. The number of carbonyl (C=O) groups is 2. The lowest BCUT2D eigenvalue weighted by molar-refractivity contribution is -0.123. The van der Waals surface area contributed by atoms with Crippen LogP contribution in [0.3, 0.4) is 0 Å². The van der Waals surface area contributed by atoms with Gasteiger partial charge < -0.3 is 10.4 Å². The fourth-order valence-electron chi connectivity index (χ4n) is 3.70. The van der Waals surface area contributed by atoms with Crippen LogP contribution >= 0.6 is 0 Å². The molecule has 0 unspecified atom stereocenters. The van der Waals surface area contributed by atoms with Gasteiger partial charge in [0.15, 0.2) is 0 Å². The molecule has 2 aromatic carbocycles. The molecule has 0 bridgehead atoms. The lowest BCUT2D eigenvalue weighted by atomic mass is 9.93. The Morgan fingerprint density at radius 2 is 1.81 bits per heavy atom. The van der Waals surface area contributed by atoms with Crippen molar-refractivity contribution in [3.05, 3.63) is 71.3 Å². The van der Waals surface area contributed by atoms with Crippen LogP contribution in [0.2, 0.25) is 0 Å². The molecular formula is C23H27NO3. The van der Waals surface area contributed by atoms with E-state index >= 15 is 0 Å². The summed E-state index contributed by atoms with van der Waals surface area (Å²) in [5.74, 6) is 0.108. The minimum atomic E-state index is -0.409. The van der Waals surface area contributed by atoms with Gasteiger partial charge in [-0.2, -0.15) is 0 Å². The number of ketones is 1. The van der Waals surface area contributed by atoms with Crippen LogP contribution in [0.25, 0.3) is 0 Å². The average Bonchev–Trinajstić information content (AvgIpc) is 3.11. The number of rotatable bonds is 7. The Hall–Kier alpha value is -2.46. The number of Topliss-reactive ketones (excluding diaryl/α,β-unsaturated/α-hetero) is 1. The first-order valence-corrected chi connectivity index (χ1v) is 9.66. The number of hydrogen-bond donors (Lipinski definition) is 2. The number of benzene rings is 2. The van der Waals surface area contributed by atoms with Crippen molar-refractivity contribution in [2.75, 3.05) is 6.61 Å². The number of aliphatic hydroxyl groups is 1. The number of amides is 1. The quantitative estimate of drug-likeness (QED) is 0.788. The number of carbonyl (C=O) groups excluding carboxylic acids is 2. The van der Waals surface area contributed by atoms with E-state index in [-0.39, 0.29) is 24.3 Å². The lowest BCUT2D eigenvalue weighted by Crippen LogP contribution is -2.33. The Bertz CT molecular complexity index is 770. The second kappa shape index (κ2) is 8.96. The highest BCUT2D eigenvalue weighted by Gasteiger charge is 2.24. The van der Waals surface area contributed by atoms with Crippen LogP contribution in [0, 0.1) is 5.92 Å². The summed E-state index contributed by atoms with van der Waals surface area (Å²) in [5.41, 5.74) is 2.96. The summed E-state index contributed by atoms with van der Waals surface area (Å²) < 4.78 is 0. The summed E-state index contributed by atoms with van der Waals surface area (Å²) >= 11 is 0. The highest BCUT2D eigenvalue weighted by molar-refractivity contribution is 5.84. The normalized spacial score (nSPS) is 18.9. The predicted molar refractivity (Wildman–Crippen MR) is 105 cm³/mol. The van der Waals surface area contributed by atoms with Crippen LogP contribution in [0.1, 0.15) is 54.8 Å². The van der Waals surface area contributed by atoms with Crippen LogP contribution in [0.5, 0.6) is 0 Å². The minimum Gasteiger partial charge on any atom is -0.394 e. The van der Waals surface area contributed by atoms with Gasteiger partial charge in [0.1, 0.15) is 5.78 Å². The highest BCUT2D eigenvalue weighted by Crippen LogP contribution is 2.26. The van der Waals surface area contributed by atoms with Gasteiger partial charge in [-0.15, -0.1) is 0 Å². The third-order valence-corrected chi connectivity index (χ3v) is 5.49. The Morgan fingerprint density at radius 1 is 1.11 bits per heavy atom. The van der Waals surface area contributed by atoms with Gasteiger partial charge in [-0.3, -0.25) is 9.59 Å². The first kappa shape index (κ1) is 19.3. The largest absolute Gasteiger partial charge is 0.394 e. The van der Waals surface area contributed by atoms with Gasteiger partial charge in [-0.05, 0) is 42.9 Å². The number of nitrogens with one attached hydrogen (secondary N) is 1. The van der Waals surface area contributed by atoms with E-state index in [9.17, 15) is 14.7 Å². The van der Waals surface area contributed by atoms with Crippen molar-refractivity contribution in [2.45, 2.75) is 44.6 Å². The standard InChI is InChI=1S/C23H27NO3/c1-16(23(27)24-21(15-25)19-6-3-2-4-7-19)18-12-10-17(11-13-18)14-20-8-5-9-22(20)26/h2-4,6-7,10-13,16,20-21,25H,5,8-9,14-15H2,1H3,(H,24,27)/t16-,20+,21-/m0/s1. The molecule has 1 saturated carbocycles. The van der Waals surface area contributed by atoms with Crippen LogP contribution in [-0.2, 0) is 16.0 Å². The van der Waals surface area contributed by atoms with Crippen molar-refractivity contribution < 1.29 is 14.7 Å². The molecule has 1 amide bonds. The molecule has 0 heterocycles. The van der Waals surface area contributed by atoms with Crippen LogP contribution in [0.4, 0.5) is 0 Å². The molecule has 2 aromatic rings. The van der Waals surface area contributed by atoms with Crippen molar-refractivity contribution in [2.24, 2.45) is 5.92 Å². The molecule has 2 N–H and O–H groups in total. The predicted octanol–water partition coefficient (Wildman–Crippen LogP) is 3.55. The van der Waals surface area contributed by atoms with E-state index in [0.717, 1.165) is 36.0 Å². The SMILES string of the molecule is C[C@H](C(=O)N[C@@H](CO)c1ccccc1)c1ccc(C[C@H]2CCCC2=O)cc1. The van der Waals surface area contributed by atoms with Gasteiger partial charge in [0.2, 0.25) is 5.91 Å². The molecule has 0 spiro atoms. The lowest BCUT2D eigenvalue weighted by Gasteiger charge is -2.20. The number of aliphatic hydroxyl groups excluding tert-OH is 1. The zero-order chi connectivity index (χ0) is 19.2. The van der Waals surface area contributed by atoms with Gasteiger partial charge in [0, 0.05) is 12.3 Å². The van der Waals surface area contributed by atoms with Crippen LogP contribution < -0.4 is 5.32 Å². The van der Waals surface area contributed by atoms with Gasteiger partial charge in [0.05, 0.1) is 18.6 Å². The molecule has 3 atom stereocenters. The molecular weight excluding hydrogens is 338 g/mol. The van der Waals surface area contributed by atoms with E-state index in [0.29, 0.717) is 12.2 Å². The molecule has 3 rings (SSSR count). The summed E-state index contributed by atoms with van der Waals surface area (Å²) in [5, 5.41) is 12.6. The first-order valence-electron chi connectivity index (χ1n) is 9.66. The molecule has 4 heteroatoms. The van der Waals surface area contributed by atoms with Crippen molar-refractivity contribution in [1.29, 1.82) is 0 Å². The summed E-state index contributed by atoms with van der Waals surface area (Å²) in [4.78, 5) is 24.4. The molecule has 142 valence electrons. The van der Waals surface area contributed by atoms with E-state index in [4.69, 9.17) is 0 Å². The molecule has 1 aliphatic rings. The van der Waals surface area contributed by atoms with Crippen LogP contribution in [-0.4, -0.2) is 23.4 Å². The summed E-state index contributed by atoms with van der Waals surface area (Å²) in [6, 6.07) is 17.0. The zero-order valence-electron chi connectivity index (χ0n) is 15.7. The average molecular weight is 365 g/mol. The van der Waals surface area contributed by atoms with Gasteiger partial charge in [0.25, 0.3) is 0 Å². The van der Waals surface area contributed by atoms with E-state index in [1.54, 1.807) is 0 Å². The second-order valence-electron chi connectivity index (χ2n) is 7.38. The molecule has 0 aliphatic heterocycles. The smallest absolute Gasteiger partial charge is 0.227 e. The van der Waals surface area contributed by atoms with Gasteiger partial charge in [-0.1, -0.05) is 54.6 Å². The van der Waals surface area contributed by atoms with Gasteiger partial charge in [-0.25, -0.2) is 0 Å². The Balaban J connectivity index is 1.61. The summed E-state index contributed by atoms with van der Waals surface area (Å²) in [7, 11) is 0. The summed E-state index contributed by atoms with van der Waals surface area (Å²) in [6.45, 7) is 1.72. The maximum absolute atomic E-state index is 12.6. The molecule has 0 aromatic heterocycles. The van der Waals surface area contributed by atoms with E-state index in [1.165, 1.54) is 0 Å². The Morgan fingerprint density at radius 3 is 2.41 bits per heavy atom. The van der Waals surface area contributed by atoms with E-state index in [1.807, 2.05) is 61.5 Å². The molecule has 1 fully saturated rings. The molecule has 0 radical (unpaired) electrons. The maximum Gasteiger partial charge on any atom is 0.227 e. The third kappa shape index (κ3) is 4.83. The molecule has 4 nitrogen and oxygen atoms in total. The van der Waals surface area contributed by atoms with Crippen molar-refractivity contribution >= 4 is 11.7 Å². The second-order valence-corrected chi connectivity index (χ2v) is 7.38. The molecule has 27 heavy (non-hydrogen) atoms. The van der Waals surface area contributed by atoms with Crippen molar-refractivity contribution in [3.8, 4) is 0 Å². The Labute approximate surface area is 160 Å². The van der Waals surface area contributed by atoms with Crippen molar-refractivity contribution in [1.82, 2.24) is 5.32 Å². The van der Waals surface area contributed by atoms with E-state index in [2.05, 4.69) is 5.32 Å². The monoisotopic (exact) mass is 365 g/mol. The fourth-order valence-corrected chi connectivity index (χ4v) is 3.70.